The Bertz CT molecular complexity index is 1480. The molecule has 2 heterocycles. The summed E-state index contributed by atoms with van der Waals surface area (Å²) in [5.74, 6) is 0.259. The van der Waals surface area contributed by atoms with Gasteiger partial charge in [0.05, 0.1) is 28.5 Å². The van der Waals surface area contributed by atoms with Crippen molar-refractivity contribution in [2.75, 3.05) is 32.2 Å². The van der Waals surface area contributed by atoms with E-state index in [-0.39, 0.29) is 12.2 Å². The van der Waals surface area contributed by atoms with E-state index in [0.717, 1.165) is 22.6 Å². The van der Waals surface area contributed by atoms with E-state index in [1.54, 1.807) is 24.5 Å². The van der Waals surface area contributed by atoms with Gasteiger partial charge in [0.2, 0.25) is 0 Å². The Morgan fingerprint density at radius 1 is 1.17 bits per heavy atom. The van der Waals surface area contributed by atoms with Gasteiger partial charge in [-0.25, -0.2) is 9.79 Å². The van der Waals surface area contributed by atoms with Crippen LogP contribution in [0.1, 0.15) is 31.0 Å². The lowest BCUT2D eigenvalue weighted by molar-refractivity contribution is -0.139. The molecule has 0 aliphatic carbocycles. The Labute approximate surface area is 213 Å². The van der Waals surface area contributed by atoms with E-state index in [2.05, 4.69) is 11.6 Å². The first kappa shape index (κ1) is 25.2. The van der Waals surface area contributed by atoms with Crippen LogP contribution in [0.5, 0.6) is 5.75 Å². The van der Waals surface area contributed by atoms with Gasteiger partial charge in [0.15, 0.2) is 4.80 Å². The quantitative estimate of drug-likeness (QED) is 0.348. The summed E-state index contributed by atoms with van der Waals surface area (Å²) >= 11 is 1.30. The molecule has 2 aromatic carbocycles. The molecule has 8 heteroatoms. The van der Waals surface area contributed by atoms with Gasteiger partial charge in [-0.2, -0.15) is 0 Å². The van der Waals surface area contributed by atoms with Crippen molar-refractivity contribution in [3.63, 3.8) is 0 Å². The number of aromatic nitrogens is 1. The summed E-state index contributed by atoms with van der Waals surface area (Å²) in [5, 5.41) is 0. The van der Waals surface area contributed by atoms with Gasteiger partial charge in [0.1, 0.15) is 12.4 Å². The first-order chi connectivity index (χ1) is 17.3. The van der Waals surface area contributed by atoms with Crippen LogP contribution in [0.2, 0.25) is 0 Å². The SMILES string of the molecule is C=CCOc1ccc(/C=c2/sc3n(c2=O)[C@H](c2ccc(N(C)C)cc2)C(C(=O)OCC)=C(C)N=3)cc1. The molecule has 1 aromatic heterocycles. The highest BCUT2D eigenvalue weighted by Crippen LogP contribution is 2.31. The molecule has 0 amide bonds. The van der Waals surface area contributed by atoms with Crippen LogP contribution in [-0.4, -0.2) is 37.8 Å². The predicted octanol–water partition coefficient (Wildman–Crippen LogP) is 3.43. The topological polar surface area (TPSA) is 73.1 Å². The third kappa shape index (κ3) is 5.04. The predicted molar refractivity (Wildman–Crippen MR) is 143 cm³/mol. The second kappa shape index (κ2) is 10.8. The van der Waals surface area contributed by atoms with Crippen molar-refractivity contribution in [2.24, 2.45) is 4.99 Å². The molecule has 0 spiro atoms. The van der Waals surface area contributed by atoms with Crippen molar-refractivity contribution in [1.29, 1.82) is 0 Å². The second-order valence-electron chi connectivity index (χ2n) is 8.46. The Kier molecular flexibility index (Phi) is 7.55. The Morgan fingerprint density at radius 3 is 2.47 bits per heavy atom. The zero-order valence-corrected chi connectivity index (χ0v) is 21.7. The Morgan fingerprint density at radius 2 is 1.86 bits per heavy atom. The van der Waals surface area contributed by atoms with Crippen molar-refractivity contribution in [1.82, 2.24) is 4.57 Å². The molecular formula is C28H29N3O4S. The van der Waals surface area contributed by atoms with E-state index in [9.17, 15) is 9.59 Å². The number of allylic oxidation sites excluding steroid dienone is 1. The molecule has 0 saturated heterocycles. The van der Waals surface area contributed by atoms with Crippen LogP contribution in [0.4, 0.5) is 5.69 Å². The van der Waals surface area contributed by atoms with Crippen LogP contribution in [0.15, 0.2) is 82.2 Å². The second-order valence-corrected chi connectivity index (χ2v) is 9.47. The molecule has 0 bridgehead atoms. The largest absolute Gasteiger partial charge is 0.490 e. The van der Waals surface area contributed by atoms with Gasteiger partial charge in [-0.15, -0.1) is 0 Å². The van der Waals surface area contributed by atoms with Crippen molar-refractivity contribution in [3.05, 3.63) is 103 Å². The van der Waals surface area contributed by atoms with E-state index < -0.39 is 12.0 Å². The van der Waals surface area contributed by atoms with Gasteiger partial charge in [0.25, 0.3) is 5.56 Å². The highest BCUT2D eigenvalue weighted by molar-refractivity contribution is 7.07. The fourth-order valence-corrected chi connectivity index (χ4v) is 5.08. The lowest BCUT2D eigenvalue weighted by atomic mass is 9.95. The summed E-state index contributed by atoms with van der Waals surface area (Å²) in [5.41, 5.74) is 3.41. The maximum atomic E-state index is 13.7. The smallest absolute Gasteiger partial charge is 0.338 e. The van der Waals surface area contributed by atoms with E-state index in [1.165, 1.54) is 11.3 Å². The summed E-state index contributed by atoms with van der Waals surface area (Å²) in [6.45, 7) is 7.86. The molecule has 1 aliphatic heterocycles. The molecule has 0 fully saturated rings. The number of esters is 1. The number of carbonyl (C=O) groups is 1. The molecule has 36 heavy (non-hydrogen) atoms. The summed E-state index contributed by atoms with van der Waals surface area (Å²) in [4.78, 5) is 33.9. The molecule has 0 unspecified atom stereocenters. The Balaban J connectivity index is 1.84. The lowest BCUT2D eigenvalue weighted by Crippen LogP contribution is -2.39. The van der Waals surface area contributed by atoms with Crippen molar-refractivity contribution >= 4 is 29.1 Å². The fourth-order valence-electron chi connectivity index (χ4n) is 4.03. The van der Waals surface area contributed by atoms with Crippen molar-refractivity contribution < 1.29 is 14.3 Å². The van der Waals surface area contributed by atoms with Crippen LogP contribution < -0.4 is 24.5 Å². The molecule has 186 valence electrons. The van der Waals surface area contributed by atoms with E-state index in [0.29, 0.717) is 27.2 Å². The van der Waals surface area contributed by atoms with Gasteiger partial charge in [-0.05, 0) is 55.3 Å². The number of benzene rings is 2. The fraction of sp³-hybridized carbons (Fsp3) is 0.250. The molecule has 4 rings (SSSR count). The van der Waals surface area contributed by atoms with Gasteiger partial charge < -0.3 is 14.4 Å². The number of rotatable bonds is 8. The zero-order valence-electron chi connectivity index (χ0n) is 20.9. The molecule has 3 aromatic rings. The molecule has 0 radical (unpaired) electrons. The van der Waals surface area contributed by atoms with Crippen LogP contribution in [0, 0.1) is 0 Å². The van der Waals surface area contributed by atoms with Gasteiger partial charge in [-0.3, -0.25) is 9.36 Å². The summed E-state index contributed by atoms with van der Waals surface area (Å²) in [6, 6.07) is 14.7. The molecule has 1 aliphatic rings. The first-order valence-corrected chi connectivity index (χ1v) is 12.5. The van der Waals surface area contributed by atoms with Crippen molar-refractivity contribution in [2.45, 2.75) is 19.9 Å². The van der Waals surface area contributed by atoms with Crippen LogP contribution in [-0.2, 0) is 9.53 Å². The number of ether oxygens (including phenoxy) is 2. The number of hydrogen-bond acceptors (Lipinski definition) is 7. The van der Waals surface area contributed by atoms with E-state index >= 15 is 0 Å². The Hall–Kier alpha value is -3.91. The zero-order chi connectivity index (χ0) is 25.8. The van der Waals surface area contributed by atoms with Crippen LogP contribution in [0.3, 0.4) is 0 Å². The monoisotopic (exact) mass is 503 g/mol. The molecule has 1 atom stereocenters. The van der Waals surface area contributed by atoms with E-state index in [1.807, 2.05) is 73.6 Å². The number of fused-ring (bicyclic) bond motifs is 1. The average Bonchev–Trinajstić information content (AvgIpc) is 3.17. The maximum absolute atomic E-state index is 13.7. The maximum Gasteiger partial charge on any atom is 0.338 e. The number of nitrogens with zero attached hydrogens (tertiary/aromatic N) is 3. The highest BCUT2D eigenvalue weighted by Gasteiger charge is 2.33. The molecule has 7 nitrogen and oxygen atoms in total. The van der Waals surface area contributed by atoms with Gasteiger partial charge in [-0.1, -0.05) is 48.3 Å². The van der Waals surface area contributed by atoms with Crippen LogP contribution in [0.25, 0.3) is 6.08 Å². The molecule has 0 saturated carbocycles. The molecule has 0 N–H and O–H groups in total. The standard InChI is InChI=1S/C28H29N3O4S/c1-6-16-35-22-14-8-19(9-15-22)17-23-26(32)31-25(20-10-12-21(13-11-20)30(4)5)24(27(33)34-7-2)18(3)29-28(31)36-23/h6,8-15,17,25H,1,7,16H2,2-5H3/b23-17+/t25-/m1/s1. The third-order valence-corrected chi connectivity index (χ3v) is 6.77. The third-order valence-electron chi connectivity index (χ3n) is 5.79. The minimum absolute atomic E-state index is 0.207. The molecular weight excluding hydrogens is 474 g/mol. The first-order valence-electron chi connectivity index (χ1n) is 11.6. The number of anilines is 1. The normalized spacial score (nSPS) is 15.2. The highest BCUT2D eigenvalue weighted by atomic mass is 32.1. The summed E-state index contributed by atoms with van der Waals surface area (Å²) in [7, 11) is 3.93. The lowest BCUT2D eigenvalue weighted by Gasteiger charge is -2.25. The summed E-state index contributed by atoms with van der Waals surface area (Å²) in [6.07, 6.45) is 3.52. The van der Waals surface area contributed by atoms with Crippen LogP contribution >= 0.6 is 11.3 Å². The number of carbonyl (C=O) groups excluding carboxylic acids is 1. The number of hydrogen-bond donors (Lipinski definition) is 0. The van der Waals surface area contributed by atoms with Gasteiger partial charge in [0, 0.05) is 19.8 Å². The van der Waals surface area contributed by atoms with Crippen molar-refractivity contribution in [3.8, 4) is 5.75 Å². The summed E-state index contributed by atoms with van der Waals surface area (Å²) < 4.78 is 13.0. The minimum Gasteiger partial charge on any atom is -0.490 e. The minimum atomic E-state index is -0.631. The number of thiazole rings is 1. The van der Waals surface area contributed by atoms with Gasteiger partial charge >= 0.3 is 5.97 Å². The average molecular weight is 504 g/mol. The van der Waals surface area contributed by atoms with E-state index in [4.69, 9.17) is 9.47 Å².